The summed E-state index contributed by atoms with van der Waals surface area (Å²) in [6.45, 7) is 0.525. The molecule has 2 aromatic carbocycles. The molecule has 4 aromatic rings. The monoisotopic (exact) mass is 417 g/mol. The van der Waals surface area contributed by atoms with Gasteiger partial charge in [-0.2, -0.15) is 13.2 Å². The number of aromatic nitrogens is 2. The molecule has 29 heavy (non-hydrogen) atoms. The van der Waals surface area contributed by atoms with Gasteiger partial charge >= 0.3 is 6.18 Å². The summed E-state index contributed by atoms with van der Waals surface area (Å²) in [6.07, 6.45) is -0.687. The molecule has 0 saturated carbocycles. The number of aromatic amines is 1. The van der Waals surface area contributed by atoms with Crippen LogP contribution < -0.4 is 5.73 Å². The quantitative estimate of drug-likeness (QED) is 0.372. The van der Waals surface area contributed by atoms with Gasteiger partial charge in [0.1, 0.15) is 0 Å². The first-order chi connectivity index (χ1) is 13.9. The highest BCUT2D eigenvalue weighted by molar-refractivity contribution is 6.36. The Kier molecular flexibility index (Phi) is 5.23. The van der Waals surface area contributed by atoms with E-state index >= 15 is 0 Å². The van der Waals surface area contributed by atoms with Gasteiger partial charge in [0.25, 0.3) is 0 Å². The summed E-state index contributed by atoms with van der Waals surface area (Å²) in [5, 5.41) is 1.59. The first-order valence-corrected chi connectivity index (χ1v) is 9.74. The average molecular weight is 418 g/mol. The van der Waals surface area contributed by atoms with E-state index in [-0.39, 0.29) is 5.52 Å². The fourth-order valence-electron chi connectivity index (χ4n) is 3.81. The molecule has 0 unspecified atom stereocenters. The summed E-state index contributed by atoms with van der Waals surface area (Å²) in [6, 6.07) is 11.7. The zero-order chi connectivity index (χ0) is 20.6. The number of alkyl halides is 3. The van der Waals surface area contributed by atoms with Crippen molar-refractivity contribution in [3.8, 4) is 11.3 Å². The third-order valence-electron chi connectivity index (χ3n) is 5.11. The molecule has 3 N–H and O–H groups in total. The van der Waals surface area contributed by atoms with Crippen molar-refractivity contribution in [1.29, 1.82) is 0 Å². The molecule has 0 fully saturated rings. The van der Waals surface area contributed by atoms with E-state index < -0.39 is 11.7 Å². The molecule has 0 radical (unpaired) electrons. The first-order valence-electron chi connectivity index (χ1n) is 9.36. The Hall–Kier alpha value is -2.57. The summed E-state index contributed by atoms with van der Waals surface area (Å²) in [7, 11) is 0. The van der Waals surface area contributed by atoms with E-state index in [0.29, 0.717) is 29.1 Å². The maximum atomic E-state index is 13.7. The van der Waals surface area contributed by atoms with Crippen molar-refractivity contribution in [2.24, 2.45) is 5.73 Å². The van der Waals surface area contributed by atoms with E-state index in [1.807, 2.05) is 30.3 Å². The van der Waals surface area contributed by atoms with E-state index in [4.69, 9.17) is 17.3 Å². The molecular formula is C22H19ClF3N3. The number of unbranched alkanes of at least 4 members (excludes halogenated alkanes) is 1. The van der Waals surface area contributed by atoms with E-state index in [9.17, 15) is 13.2 Å². The maximum absolute atomic E-state index is 13.7. The van der Waals surface area contributed by atoms with Gasteiger partial charge in [0.05, 0.1) is 27.3 Å². The van der Waals surface area contributed by atoms with Crippen LogP contribution in [-0.4, -0.2) is 16.5 Å². The largest absolute Gasteiger partial charge is 0.418 e. The van der Waals surface area contributed by atoms with Crippen LogP contribution in [0.5, 0.6) is 0 Å². The number of nitrogens with two attached hydrogens (primary N) is 1. The van der Waals surface area contributed by atoms with Crippen LogP contribution in [0.2, 0.25) is 5.02 Å². The van der Waals surface area contributed by atoms with Crippen molar-refractivity contribution in [2.75, 3.05) is 6.54 Å². The average Bonchev–Trinajstić information content (AvgIpc) is 3.07. The number of hydrogen-bond donors (Lipinski definition) is 2. The Morgan fingerprint density at radius 2 is 1.86 bits per heavy atom. The number of nitrogens with one attached hydrogen (secondary N) is 1. The highest BCUT2D eigenvalue weighted by Gasteiger charge is 2.34. The van der Waals surface area contributed by atoms with Crippen molar-refractivity contribution >= 4 is 33.4 Å². The highest BCUT2D eigenvalue weighted by Crippen LogP contribution is 2.43. The van der Waals surface area contributed by atoms with E-state index in [1.54, 1.807) is 6.20 Å². The van der Waals surface area contributed by atoms with Gasteiger partial charge in [-0.3, -0.25) is 4.98 Å². The molecule has 3 nitrogen and oxygen atoms in total. The summed E-state index contributed by atoms with van der Waals surface area (Å²) < 4.78 is 41.0. The predicted octanol–water partition coefficient (Wildman–Crippen LogP) is 6.34. The fourth-order valence-corrected chi connectivity index (χ4v) is 4.08. The van der Waals surface area contributed by atoms with Crippen LogP contribution in [0.15, 0.2) is 48.7 Å². The molecule has 0 atom stereocenters. The molecule has 4 rings (SSSR count). The minimum Gasteiger partial charge on any atom is -0.354 e. The van der Waals surface area contributed by atoms with E-state index in [2.05, 4.69) is 9.97 Å². The van der Waals surface area contributed by atoms with Crippen molar-refractivity contribution in [3.05, 3.63) is 64.8 Å². The Balaban J connectivity index is 2.04. The molecule has 0 aliphatic rings. The molecule has 7 heteroatoms. The maximum Gasteiger partial charge on any atom is 0.418 e. The second-order valence-electron chi connectivity index (χ2n) is 6.94. The number of aryl methyl sites for hydroxylation is 1. The van der Waals surface area contributed by atoms with Crippen LogP contribution in [-0.2, 0) is 12.6 Å². The Morgan fingerprint density at radius 1 is 1.03 bits per heavy atom. The van der Waals surface area contributed by atoms with Crippen molar-refractivity contribution in [3.63, 3.8) is 0 Å². The Bertz CT molecular complexity index is 1180. The topological polar surface area (TPSA) is 54.7 Å². The summed E-state index contributed by atoms with van der Waals surface area (Å²) in [4.78, 5) is 7.42. The standard InChI is InChI=1S/C22H19ClF3N3/c23-17-10-9-16(22(24,25)26)21-19(17)15(5-1-2-11-27)20(29-21)14-6-3-8-18-13(14)7-4-12-28-18/h3-4,6-10,12,29H,1-2,5,11,27H2. The van der Waals surface area contributed by atoms with Crippen molar-refractivity contribution in [2.45, 2.75) is 25.4 Å². The molecule has 2 aromatic heterocycles. The van der Waals surface area contributed by atoms with Crippen molar-refractivity contribution in [1.82, 2.24) is 9.97 Å². The lowest BCUT2D eigenvalue weighted by atomic mass is 9.97. The SMILES string of the molecule is NCCCCc1c(-c2cccc3ncccc23)[nH]c2c(C(F)(F)F)ccc(Cl)c12. The Labute approximate surface area is 170 Å². The number of benzene rings is 2. The summed E-state index contributed by atoms with van der Waals surface area (Å²) >= 11 is 6.39. The number of pyridine rings is 1. The van der Waals surface area contributed by atoms with Crippen molar-refractivity contribution < 1.29 is 13.2 Å². The molecule has 150 valence electrons. The third kappa shape index (κ3) is 3.58. The van der Waals surface area contributed by atoms with Crippen LogP contribution in [0.1, 0.15) is 24.0 Å². The number of rotatable bonds is 5. The zero-order valence-electron chi connectivity index (χ0n) is 15.5. The molecule has 0 bridgehead atoms. The number of hydrogen-bond acceptors (Lipinski definition) is 2. The number of fused-ring (bicyclic) bond motifs is 2. The van der Waals surface area contributed by atoms with Gasteiger partial charge in [-0.15, -0.1) is 0 Å². The molecule has 2 heterocycles. The lowest BCUT2D eigenvalue weighted by molar-refractivity contribution is -0.136. The second kappa shape index (κ2) is 7.69. The van der Waals surface area contributed by atoms with Gasteiger partial charge in [0, 0.05) is 22.5 Å². The normalized spacial score (nSPS) is 12.2. The first kappa shape index (κ1) is 19.7. The summed E-state index contributed by atoms with van der Waals surface area (Å²) in [5.41, 5.74) is 7.93. The lowest BCUT2D eigenvalue weighted by Crippen LogP contribution is -2.05. The molecule has 0 aliphatic heterocycles. The number of nitrogens with zero attached hydrogens (tertiary/aromatic N) is 1. The van der Waals surface area contributed by atoms with Gasteiger partial charge in [0.15, 0.2) is 0 Å². The number of H-pyrrole nitrogens is 1. The summed E-state index contributed by atoms with van der Waals surface area (Å²) in [5.74, 6) is 0. The van der Waals surface area contributed by atoms with Gasteiger partial charge < -0.3 is 10.7 Å². The predicted molar refractivity (Wildman–Crippen MR) is 111 cm³/mol. The number of halogens is 4. The van der Waals surface area contributed by atoms with Crippen LogP contribution in [0.4, 0.5) is 13.2 Å². The van der Waals surface area contributed by atoms with Gasteiger partial charge in [0.2, 0.25) is 0 Å². The van der Waals surface area contributed by atoms with Gasteiger partial charge in [-0.05, 0) is 55.6 Å². The van der Waals surface area contributed by atoms with Gasteiger partial charge in [-0.1, -0.05) is 29.8 Å². The van der Waals surface area contributed by atoms with Crippen LogP contribution >= 0.6 is 11.6 Å². The molecule has 0 amide bonds. The lowest BCUT2D eigenvalue weighted by Gasteiger charge is -2.09. The van der Waals surface area contributed by atoms with Crippen LogP contribution in [0, 0.1) is 0 Å². The highest BCUT2D eigenvalue weighted by atomic mass is 35.5. The third-order valence-corrected chi connectivity index (χ3v) is 5.42. The Morgan fingerprint density at radius 3 is 2.62 bits per heavy atom. The molecule has 0 saturated heterocycles. The second-order valence-corrected chi connectivity index (χ2v) is 7.35. The fraction of sp³-hybridized carbons (Fsp3) is 0.227. The van der Waals surface area contributed by atoms with Crippen LogP contribution in [0.25, 0.3) is 33.1 Å². The molecule has 0 aliphatic carbocycles. The van der Waals surface area contributed by atoms with E-state index in [0.717, 1.165) is 40.9 Å². The molecule has 0 spiro atoms. The van der Waals surface area contributed by atoms with Gasteiger partial charge in [-0.25, -0.2) is 0 Å². The molecular weight excluding hydrogens is 399 g/mol. The van der Waals surface area contributed by atoms with Crippen LogP contribution in [0.3, 0.4) is 0 Å². The zero-order valence-corrected chi connectivity index (χ0v) is 16.2. The minimum atomic E-state index is -4.49. The minimum absolute atomic E-state index is 0.0173. The van der Waals surface area contributed by atoms with E-state index in [1.165, 1.54) is 6.07 Å². The smallest absolute Gasteiger partial charge is 0.354 e.